The van der Waals surface area contributed by atoms with Crippen LogP contribution >= 0.6 is 12.2 Å². The number of fused-ring (bicyclic) bond motifs is 1. The first-order valence-corrected chi connectivity index (χ1v) is 6.84. The second-order valence-corrected chi connectivity index (χ2v) is 5.95. The average Bonchev–Trinajstić information content (AvgIpc) is 2.19. The summed E-state index contributed by atoms with van der Waals surface area (Å²) in [6, 6.07) is 0. The van der Waals surface area contributed by atoms with Crippen LogP contribution in [0, 0.1) is 17.8 Å². The third-order valence-electron chi connectivity index (χ3n) is 4.34. The molecule has 15 heavy (non-hydrogen) atoms. The van der Waals surface area contributed by atoms with E-state index in [1.54, 1.807) is 0 Å². The molecule has 0 aromatic heterocycles. The lowest BCUT2D eigenvalue weighted by atomic mass is 9.75. The van der Waals surface area contributed by atoms with E-state index in [4.69, 9.17) is 12.2 Å². The molecule has 0 radical (unpaired) electrons. The number of piperidine rings is 1. The first-order chi connectivity index (χ1) is 7.18. The van der Waals surface area contributed by atoms with Gasteiger partial charge in [0.1, 0.15) is 0 Å². The largest absolute Gasteiger partial charge is 0.369 e. The molecule has 0 aromatic carbocycles. The predicted octanol–water partition coefficient (Wildman–Crippen LogP) is 3.48. The van der Waals surface area contributed by atoms with E-state index in [1.807, 2.05) is 0 Å². The first kappa shape index (κ1) is 11.4. The fraction of sp³-hybridized carbons (Fsp3) is 0.923. The fourth-order valence-electron chi connectivity index (χ4n) is 3.20. The summed E-state index contributed by atoms with van der Waals surface area (Å²) >= 11 is 5.60. The average molecular weight is 225 g/mol. The Kier molecular flexibility index (Phi) is 3.65. The SMILES string of the molecule is CC1CCCC2CCN(C)C(=S)C2CC1. The Morgan fingerprint density at radius 3 is 2.73 bits per heavy atom. The van der Waals surface area contributed by atoms with Crippen LogP contribution in [0.2, 0.25) is 0 Å². The number of hydrogen-bond donors (Lipinski definition) is 0. The van der Waals surface area contributed by atoms with Crippen LogP contribution in [0.5, 0.6) is 0 Å². The van der Waals surface area contributed by atoms with Crippen LogP contribution in [0.3, 0.4) is 0 Å². The van der Waals surface area contributed by atoms with Gasteiger partial charge in [-0.3, -0.25) is 0 Å². The molecule has 0 N–H and O–H groups in total. The van der Waals surface area contributed by atoms with Crippen molar-refractivity contribution in [2.24, 2.45) is 17.8 Å². The van der Waals surface area contributed by atoms with Gasteiger partial charge in [0.25, 0.3) is 0 Å². The Morgan fingerprint density at radius 2 is 1.93 bits per heavy atom. The summed E-state index contributed by atoms with van der Waals surface area (Å²) in [5.41, 5.74) is 0. The van der Waals surface area contributed by atoms with Crippen LogP contribution < -0.4 is 0 Å². The van der Waals surface area contributed by atoms with E-state index in [9.17, 15) is 0 Å². The molecule has 1 saturated carbocycles. The van der Waals surface area contributed by atoms with Gasteiger partial charge in [0.05, 0.1) is 4.99 Å². The second kappa shape index (κ2) is 4.82. The summed E-state index contributed by atoms with van der Waals surface area (Å²) < 4.78 is 0. The first-order valence-electron chi connectivity index (χ1n) is 6.43. The van der Waals surface area contributed by atoms with Crippen molar-refractivity contribution in [1.82, 2.24) is 4.90 Å². The Labute approximate surface area is 99.2 Å². The minimum Gasteiger partial charge on any atom is -0.369 e. The number of hydrogen-bond acceptors (Lipinski definition) is 1. The molecule has 3 atom stereocenters. The van der Waals surface area contributed by atoms with Crippen LogP contribution in [0.1, 0.15) is 45.4 Å². The standard InChI is InChI=1S/C13H23NS/c1-10-4-3-5-11-8-9-14(2)13(15)12(11)7-6-10/h10-12H,3-9H2,1-2H3. The maximum absolute atomic E-state index is 5.60. The zero-order valence-corrected chi connectivity index (χ0v) is 10.9. The van der Waals surface area contributed by atoms with Gasteiger partial charge in [-0.05, 0) is 31.1 Å². The lowest BCUT2D eigenvalue weighted by Gasteiger charge is -2.40. The summed E-state index contributed by atoms with van der Waals surface area (Å²) in [7, 11) is 2.17. The molecule has 0 amide bonds. The maximum atomic E-state index is 5.60. The third-order valence-corrected chi connectivity index (χ3v) is 4.95. The van der Waals surface area contributed by atoms with Crippen LogP contribution in [-0.2, 0) is 0 Å². The smallest absolute Gasteiger partial charge is 0.0810 e. The van der Waals surface area contributed by atoms with Gasteiger partial charge < -0.3 is 4.90 Å². The minimum absolute atomic E-state index is 0.724. The zero-order chi connectivity index (χ0) is 10.8. The summed E-state index contributed by atoms with van der Waals surface area (Å²) in [6.45, 7) is 3.59. The van der Waals surface area contributed by atoms with Crippen LogP contribution in [0.25, 0.3) is 0 Å². The van der Waals surface area contributed by atoms with Crippen LogP contribution in [0.4, 0.5) is 0 Å². The van der Waals surface area contributed by atoms with Crippen molar-refractivity contribution in [3.63, 3.8) is 0 Å². The van der Waals surface area contributed by atoms with Gasteiger partial charge in [-0.15, -0.1) is 0 Å². The van der Waals surface area contributed by atoms with E-state index in [0.29, 0.717) is 0 Å². The quantitative estimate of drug-likeness (QED) is 0.581. The molecule has 0 aromatic rings. The molecular weight excluding hydrogens is 202 g/mol. The topological polar surface area (TPSA) is 3.24 Å². The van der Waals surface area contributed by atoms with Crippen molar-refractivity contribution in [3.05, 3.63) is 0 Å². The highest BCUT2D eigenvalue weighted by molar-refractivity contribution is 7.80. The van der Waals surface area contributed by atoms with Gasteiger partial charge in [0.15, 0.2) is 0 Å². The van der Waals surface area contributed by atoms with Gasteiger partial charge in [0.2, 0.25) is 0 Å². The molecule has 3 unspecified atom stereocenters. The van der Waals surface area contributed by atoms with E-state index in [-0.39, 0.29) is 0 Å². The molecule has 1 heterocycles. The van der Waals surface area contributed by atoms with E-state index < -0.39 is 0 Å². The lowest BCUT2D eigenvalue weighted by molar-refractivity contribution is 0.222. The van der Waals surface area contributed by atoms with Gasteiger partial charge in [-0.25, -0.2) is 0 Å². The normalized spacial score (nSPS) is 38.1. The van der Waals surface area contributed by atoms with Crippen molar-refractivity contribution in [2.45, 2.75) is 45.4 Å². The number of nitrogens with zero attached hydrogens (tertiary/aromatic N) is 1. The second-order valence-electron chi connectivity index (χ2n) is 5.53. The number of rotatable bonds is 0. The molecule has 1 saturated heterocycles. The van der Waals surface area contributed by atoms with E-state index in [0.717, 1.165) is 17.8 Å². The minimum atomic E-state index is 0.724. The monoisotopic (exact) mass is 225 g/mol. The Bertz CT molecular complexity index is 239. The summed E-state index contributed by atoms with van der Waals surface area (Å²) in [5.74, 6) is 2.55. The Hall–Kier alpha value is -0.110. The summed E-state index contributed by atoms with van der Waals surface area (Å²) in [4.78, 5) is 3.56. The molecule has 2 heteroatoms. The van der Waals surface area contributed by atoms with E-state index in [2.05, 4.69) is 18.9 Å². The molecule has 0 bridgehead atoms. The van der Waals surface area contributed by atoms with Crippen molar-refractivity contribution < 1.29 is 0 Å². The molecule has 2 fully saturated rings. The fourth-order valence-corrected chi connectivity index (χ4v) is 3.60. The van der Waals surface area contributed by atoms with Crippen molar-refractivity contribution in [2.75, 3.05) is 13.6 Å². The third kappa shape index (κ3) is 2.52. The number of thiocarbonyl (C=S) groups is 1. The summed E-state index contributed by atoms with van der Waals surface area (Å²) in [5, 5.41) is 0. The molecule has 1 aliphatic heterocycles. The summed E-state index contributed by atoms with van der Waals surface area (Å²) in [6.07, 6.45) is 8.38. The number of likely N-dealkylation sites (tertiary alicyclic amines) is 1. The zero-order valence-electron chi connectivity index (χ0n) is 10.0. The van der Waals surface area contributed by atoms with E-state index in [1.165, 1.54) is 50.1 Å². The van der Waals surface area contributed by atoms with Crippen molar-refractivity contribution in [3.8, 4) is 0 Å². The predicted molar refractivity (Wildman–Crippen MR) is 69.1 cm³/mol. The molecule has 2 rings (SSSR count). The van der Waals surface area contributed by atoms with Crippen LogP contribution in [0.15, 0.2) is 0 Å². The highest BCUT2D eigenvalue weighted by Crippen LogP contribution is 2.36. The highest BCUT2D eigenvalue weighted by Gasteiger charge is 2.32. The van der Waals surface area contributed by atoms with Crippen molar-refractivity contribution in [1.29, 1.82) is 0 Å². The molecule has 2 aliphatic rings. The molecule has 1 aliphatic carbocycles. The van der Waals surface area contributed by atoms with Gasteiger partial charge >= 0.3 is 0 Å². The van der Waals surface area contributed by atoms with Crippen molar-refractivity contribution >= 4 is 17.2 Å². The Morgan fingerprint density at radius 1 is 1.13 bits per heavy atom. The molecule has 86 valence electrons. The van der Waals surface area contributed by atoms with Gasteiger partial charge in [-0.2, -0.15) is 0 Å². The molecule has 1 nitrogen and oxygen atoms in total. The molecule has 0 spiro atoms. The highest BCUT2D eigenvalue weighted by atomic mass is 32.1. The van der Waals surface area contributed by atoms with Gasteiger partial charge in [0, 0.05) is 19.5 Å². The Balaban J connectivity index is 2.04. The molecular formula is C13H23NS. The van der Waals surface area contributed by atoms with E-state index >= 15 is 0 Å². The maximum Gasteiger partial charge on any atom is 0.0810 e. The van der Waals surface area contributed by atoms with Crippen LogP contribution in [-0.4, -0.2) is 23.5 Å². The van der Waals surface area contributed by atoms with Gasteiger partial charge in [-0.1, -0.05) is 38.4 Å². The lowest BCUT2D eigenvalue weighted by Crippen LogP contribution is -2.42.